The number of allylic oxidation sites excluding steroid dienone is 5. The average molecular weight is 1060 g/mol. The molecule has 20 nitrogen and oxygen atoms in total. The van der Waals surface area contributed by atoms with Gasteiger partial charge in [0.05, 0.1) is 25.4 Å². The van der Waals surface area contributed by atoms with Crippen molar-refractivity contribution in [2.24, 2.45) is 5.92 Å². The maximum atomic E-state index is 12.9. The molecule has 412 valence electrons. The Morgan fingerprint density at radius 3 is 1.99 bits per heavy atom. The summed E-state index contributed by atoms with van der Waals surface area (Å²) < 4.78 is 56.6. The van der Waals surface area contributed by atoms with Gasteiger partial charge >= 0.3 is 33.3 Å². The van der Waals surface area contributed by atoms with Gasteiger partial charge in [-0.25, -0.2) is 13.9 Å². The summed E-state index contributed by atoms with van der Waals surface area (Å²) in [5.41, 5.74) is 4.57. The lowest BCUT2D eigenvalue weighted by atomic mass is 10.0. The number of phosphoric acid groups is 2. The maximum absolute atomic E-state index is 12.9. The minimum absolute atomic E-state index is 0.00195. The molecule has 0 radical (unpaired) electrons. The highest BCUT2D eigenvalue weighted by Crippen LogP contribution is 2.60. The molecule has 8 N–H and O–H groups in total. The smallest absolute Gasteiger partial charge is 0.462 e. The first kappa shape index (κ1) is 64.8. The first-order valence-corrected chi connectivity index (χ1v) is 28.7. The van der Waals surface area contributed by atoms with Crippen molar-refractivity contribution < 1.29 is 76.5 Å². The molecule has 22 heteroatoms. The number of hydrogen-bond donors (Lipinski definition) is 7. The van der Waals surface area contributed by atoms with Gasteiger partial charge in [-0.15, -0.1) is 0 Å². The zero-order valence-electron chi connectivity index (χ0n) is 42.6. The summed E-state index contributed by atoms with van der Waals surface area (Å²) in [5, 5.41) is 41.3. The van der Waals surface area contributed by atoms with Gasteiger partial charge in [0.1, 0.15) is 30.7 Å². The predicted octanol–water partition coefficient (Wildman–Crippen LogP) is 8.36. The van der Waals surface area contributed by atoms with Crippen LogP contribution in [0.2, 0.25) is 0 Å². The first-order chi connectivity index (χ1) is 34.3. The Morgan fingerprint density at radius 1 is 0.764 bits per heavy atom. The molecule has 0 amide bonds. The summed E-state index contributed by atoms with van der Waals surface area (Å²) in [6, 6.07) is 1.23. The molecule has 0 aromatic carbocycles. The number of rotatable bonds is 41. The number of nitrogens with two attached hydrogens (primary N) is 1. The molecule has 1 aliphatic rings. The van der Waals surface area contributed by atoms with Crippen molar-refractivity contribution in [1.29, 1.82) is 0 Å². The van der Waals surface area contributed by atoms with Gasteiger partial charge in [0.25, 0.3) is 0 Å². The van der Waals surface area contributed by atoms with E-state index in [1.54, 1.807) is 30.4 Å². The van der Waals surface area contributed by atoms with Gasteiger partial charge in [0, 0.05) is 19.0 Å². The fourth-order valence-electron chi connectivity index (χ4n) is 7.46. The third-order valence-corrected chi connectivity index (χ3v) is 14.1. The Kier molecular flexibility index (Phi) is 33.6. The molecular formula is C50H85N3O17P2. The number of carbonyl (C=O) groups is 2. The van der Waals surface area contributed by atoms with Gasteiger partial charge < -0.3 is 50.2 Å². The SMILES string of the molecule is CCCCC/C=C\C[C@@H](O)/C=C/C=C/C=C\[C@@H](O)CCCC(=O)OC[C@H](COP(=O)(O)OP(=O)(O)OC[C@H]1O[C@@H](n2ccc(N)nc2=O)[C@H](O)[C@@H]1O)OC(=O)CCCCCCCCCCCCCCC(C)C. The Hall–Kier alpha value is -3.36. The number of carbonyl (C=O) groups excluding carboxylic acids is 2. The lowest BCUT2D eigenvalue weighted by Crippen LogP contribution is -2.36. The van der Waals surface area contributed by atoms with Crippen molar-refractivity contribution in [2.75, 3.05) is 25.6 Å². The van der Waals surface area contributed by atoms with Crippen molar-refractivity contribution in [3.05, 3.63) is 71.4 Å². The summed E-state index contributed by atoms with van der Waals surface area (Å²) in [4.78, 5) is 61.9. The first-order valence-electron chi connectivity index (χ1n) is 25.7. The molecule has 1 saturated heterocycles. The normalized spacial score (nSPS) is 20.4. The van der Waals surface area contributed by atoms with Gasteiger partial charge in [-0.05, 0) is 50.5 Å². The second-order valence-corrected chi connectivity index (χ2v) is 21.6. The molecule has 0 spiro atoms. The van der Waals surface area contributed by atoms with E-state index in [9.17, 15) is 53.7 Å². The summed E-state index contributed by atoms with van der Waals surface area (Å²) >= 11 is 0. The fraction of sp³-hybridized carbons (Fsp3) is 0.720. The average Bonchev–Trinajstić information content (AvgIpc) is 3.59. The van der Waals surface area contributed by atoms with Crippen LogP contribution in [0.1, 0.15) is 168 Å². The molecule has 1 aromatic heterocycles. The fourth-order valence-corrected chi connectivity index (χ4v) is 9.57. The number of hydrogen-bond acceptors (Lipinski definition) is 17. The van der Waals surface area contributed by atoms with E-state index in [0.717, 1.165) is 61.6 Å². The minimum atomic E-state index is -5.48. The molecule has 0 bridgehead atoms. The standard InChI is InChI=1S/C50H85N3O17P2/c1-4-5-6-7-17-22-28-40(54)29-23-19-20-24-30-41(55)31-26-33-45(56)65-36-42(68-46(57)32-25-18-15-13-11-9-8-10-12-14-16-21-27-39(2)3)37-66-71(61,62)70-72(63,64)67-38-43-47(58)48(59)49(69-43)53-35-34-44(51)52-50(53)60/h17,19-20,22-24,29-30,34-35,39-43,47-49,54-55,58-59H,4-16,18,21,25-28,31-33,36-38H2,1-3H3,(H,61,62)(H,63,64)(H2,51,52,60)/b20-19+,22-17-,29-23+,30-24-/t40-,41-,42-,43-,47-,48-,49-/m1/s1. The Bertz CT molecular complexity index is 1950. The van der Waals surface area contributed by atoms with Crippen molar-refractivity contribution >= 4 is 33.4 Å². The molecule has 2 heterocycles. The van der Waals surface area contributed by atoms with Crippen LogP contribution in [0, 0.1) is 5.92 Å². The molecule has 0 saturated carbocycles. The third kappa shape index (κ3) is 30.7. The summed E-state index contributed by atoms with van der Waals surface area (Å²) in [5.74, 6) is -0.790. The lowest BCUT2D eigenvalue weighted by Gasteiger charge is -2.21. The quantitative estimate of drug-likeness (QED) is 0.0106. The molecule has 2 rings (SSSR count). The van der Waals surface area contributed by atoms with E-state index >= 15 is 0 Å². The lowest BCUT2D eigenvalue weighted by molar-refractivity contribution is -0.161. The Balaban J connectivity index is 1.87. The van der Waals surface area contributed by atoms with Crippen LogP contribution in [0.15, 0.2) is 65.7 Å². The van der Waals surface area contributed by atoms with Gasteiger partial charge in [0.15, 0.2) is 12.3 Å². The van der Waals surface area contributed by atoms with Crippen molar-refractivity contribution in [3.63, 3.8) is 0 Å². The highest BCUT2D eigenvalue weighted by molar-refractivity contribution is 7.61. The molecule has 2 unspecified atom stereocenters. The molecule has 72 heavy (non-hydrogen) atoms. The third-order valence-electron chi connectivity index (χ3n) is 11.5. The van der Waals surface area contributed by atoms with Crippen LogP contribution >= 0.6 is 15.6 Å². The van der Waals surface area contributed by atoms with Crippen LogP contribution in [-0.4, -0.2) is 108 Å². The molecule has 1 fully saturated rings. The predicted molar refractivity (Wildman–Crippen MR) is 273 cm³/mol. The van der Waals surface area contributed by atoms with E-state index in [0.29, 0.717) is 12.8 Å². The summed E-state index contributed by atoms with van der Waals surface area (Å²) in [7, 11) is -10.9. The van der Waals surface area contributed by atoms with E-state index in [4.69, 9.17) is 29.0 Å². The van der Waals surface area contributed by atoms with Crippen LogP contribution < -0.4 is 11.4 Å². The number of nitrogens with zero attached hydrogens (tertiary/aromatic N) is 2. The Morgan fingerprint density at radius 2 is 1.36 bits per heavy atom. The number of aliphatic hydroxyl groups is 4. The molecule has 1 aromatic rings. The van der Waals surface area contributed by atoms with E-state index in [1.807, 2.05) is 6.08 Å². The van der Waals surface area contributed by atoms with Crippen molar-refractivity contribution in [2.45, 2.75) is 205 Å². The van der Waals surface area contributed by atoms with Gasteiger partial charge in [-0.2, -0.15) is 9.29 Å². The highest BCUT2D eigenvalue weighted by Gasteiger charge is 2.46. The zero-order chi connectivity index (χ0) is 53.2. The van der Waals surface area contributed by atoms with E-state index in [2.05, 4.69) is 36.1 Å². The zero-order valence-corrected chi connectivity index (χ0v) is 44.4. The molecule has 1 aliphatic heterocycles. The van der Waals surface area contributed by atoms with Crippen LogP contribution in [0.25, 0.3) is 0 Å². The Labute approximate surface area is 425 Å². The topological polar surface area (TPSA) is 306 Å². The number of nitrogen functional groups attached to an aromatic ring is 1. The monoisotopic (exact) mass is 1060 g/mol. The summed E-state index contributed by atoms with van der Waals surface area (Å²) in [6.07, 6.45) is 25.4. The number of aliphatic hydroxyl groups excluding tert-OH is 4. The number of unbranched alkanes of at least 4 members (excludes halogenated alkanes) is 14. The van der Waals surface area contributed by atoms with Crippen molar-refractivity contribution in [3.8, 4) is 0 Å². The molecule has 0 aliphatic carbocycles. The largest absolute Gasteiger partial charge is 0.481 e. The van der Waals surface area contributed by atoms with Crippen molar-refractivity contribution in [1.82, 2.24) is 9.55 Å². The van der Waals surface area contributed by atoms with E-state index < -0.39 is 95.9 Å². The van der Waals surface area contributed by atoms with Gasteiger partial charge in [-0.3, -0.25) is 23.2 Å². The number of esters is 2. The molecular weight excluding hydrogens is 977 g/mol. The van der Waals surface area contributed by atoms with Crippen LogP contribution in [0.5, 0.6) is 0 Å². The van der Waals surface area contributed by atoms with Crippen LogP contribution in [0.4, 0.5) is 5.82 Å². The van der Waals surface area contributed by atoms with E-state index in [1.165, 1.54) is 69.9 Å². The second-order valence-electron chi connectivity index (χ2n) is 18.6. The van der Waals surface area contributed by atoms with Crippen LogP contribution in [-0.2, 0) is 46.3 Å². The number of anilines is 1. The van der Waals surface area contributed by atoms with Gasteiger partial charge in [0.2, 0.25) is 0 Å². The molecule has 9 atom stereocenters. The van der Waals surface area contributed by atoms with Gasteiger partial charge in [-0.1, -0.05) is 159 Å². The number of ether oxygens (including phenoxy) is 3. The second kappa shape index (κ2) is 37.4. The minimum Gasteiger partial charge on any atom is -0.462 e. The summed E-state index contributed by atoms with van der Waals surface area (Å²) in [6.45, 7) is 4.15. The maximum Gasteiger partial charge on any atom is 0.481 e. The number of aromatic nitrogens is 2. The highest BCUT2D eigenvalue weighted by atomic mass is 31.3. The number of phosphoric ester groups is 2. The van der Waals surface area contributed by atoms with E-state index in [-0.39, 0.29) is 31.5 Å². The van der Waals surface area contributed by atoms with Crippen LogP contribution in [0.3, 0.4) is 0 Å².